The maximum absolute atomic E-state index is 12.8. The summed E-state index contributed by atoms with van der Waals surface area (Å²) in [4.78, 5) is 31.4. The Hall–Kier alpha value is -2.93. The fraction of sp³-hybridized carbons (Fsp3) is 0.458. The smallest absolute Gasteiger partial charge is 0.223 e. The van der Waals surface area contributed by atoms with Crippen LogP contribution in [-0.2, 0) is 22.7 Å². The number of likely N-dealkylation sites (N-methyl/N-ethyl adjacent to an activating group) is 1. The normalized spacial score (nSPS) is 19.8. The molecule has 1 aromatic carbocycles. The number of methoxy groups -OCH3 is 1. The Morgan fingerprint density at radius 3 is 2.68 bits per heavy atom. The van der Waals surface area contributed by atoms with Gasteiger partial charge < -0.3 is 20.3 Å². The first-order valence-corrected chi connectivity index (χ1v) is 10.8. The number of rotatable bonds is 7. The zero-order valence-corrected chi connectivity index (χ0v) is 18.3. The Labute approximate surface area is 184 Å². The Morgan fingerprint density at radius 2 is 1.97 bits per heavy atom. The summed E-state index contributed by atoms with van der Waals surface area (Å²) in [5.41, 5.74) is 2.12. The van der Waals surface area contributed by atoms with Gasteiger partial charge in [0.05, 0.1) is 7.11 Å². The van der Waals surface area contributed by atoms with Crippen molar-refractivity contribution in [1.29, 1.82) is 0 Å². The summed E-state index contributed by atoms with van der Waals surface area (Å²) in [6, 6.07) is 11.8. The molecule has 7 nitrogen and oxygen atoms in total. The fourth-order valence-electron chi connectivity index (χ4n) is 3.84. The molecule has 1 saturated heterocycles. The minimum atomic E-state index is -0.301. The number of pyridine rings is 1. The van der Waals surface area contributed by atoms with E-state index in [9.17, 15) is 9.59 Å². The van der Waals surface area contributed by atoms with E-state index in [0.29, 0.717) is 26.1 Å². The van der Waals surface area contributed by atoms with Crippen LogP contribution >= 0.6 is 0 Å². The lowest BCUT2D eigenvalue weighted by molar-refractivity contribution is -0.135. The van der Waals surface area contributed by atoms with Gasteiger partial charge in [0.2, 0.25) is 11.8 Å². The van der Waals surface area contributed by atoms with Crippen LogP contribution in [0.15, 0.2) is 48.8 Å². The van der Waals surface area contributed by atoms with Gasteiger partial charge in [0.1, 0.15) is 5.75 Å². The van der Waals surface area contributed by atoms with Crippen molar-refractivity contribution in [3.05, 3.63) is 59.9 Å². The average Bonchev–Trinajstić information content (AvgIpc) is 2.87. The molecule has 2 aromatic rings. The van der Waals surface area contributed by atoms with Crippen LogP contribution in [0.3, 0.4) is 0 Å². The summed E-state index contributed by atoms with van der Waals surface area (Å²) in [6.07, 6.45) is 6.38. The summed E-state index contributed by atoms with van der Waals surface area (Å²) >= 11 is 0. The van der Waals surface area contributed by atoms with E-state index in [0.717, 1.165) is 29.7 Å². The number of carbonyl (C=O) groups is 2. The molecule has 0 unspecified atom stereocenters. The molecule has 0 bridgehead atoms. The molecule has 1 aliphatic heterocycles. The lowest BCUT2D eigenvalue weighted by Gasteiger charge is -2.24. The molecule has 1 aliphatic rings. The highest BCUT2D eigenvalue weighted by Gasteiger charge is 2.27. The summed E-state index contributed by atoms with van der Waals surface area (Å²) in [6.45, 7) is 1.80. The van der Waals surface area contributed by atoms with E-state index in [1.165, 1.54) is 0 Å². The number of hydrogen-bond donors (Lipinski definition) is 2. The molecular weight excluding hydrogens is 392 g/mol. The highest BCUT2D eigenvalue weighted by Crippen LogP contribution is 2.19. The highest BCUT2D eigenvalue weighted by molar-refractivity contribution is 5.85. The predicted molar refractivity (Wildman–Crippen MR) is 119 cm³/mol. The number of carbonyl (C=O) groups excluding carboxylic acids is 2. The Bertz CT molecular complexity index is 842. The number of benzene rings is 1. The van der Waals surface area contributed by atoms with E-state index in [4.69, 9.17) is 4.74 Å². The summed E-state index contributed by atoms with van der Waals surface area (Å²) in [5.74, 6) is 0.441. The van der Waals surface area contributed by atoms with Gasteiger partial charge in [-0.3, -0.25) is 14.6 Å². The first-order valence-electron chi connectivity index (χ1n) is 10.8. The van der Waals surface area contributed by atoms with Crippen molar-refractivity contribution in [1.82, 2.24) is 20.5 Å². The first kappa shape index (κ1) is 22.7. The van der Waals surface area contributed by atoms with E-state index in [-0.39, 0.29) is 30.2 Å². The first-order chi connectivity index (χ1) is 15.0. The number of amides is 2. The lowest BCUT2D eigenvalue weighted by atomic mass is 9.96. The van der Waals surface area contributed by atoms with Crippen molar-refractivity contribution in [3.8, 4) is 5.75 Å². The van der Waals surface area contributed by atoms with E-state index in [2.05, 4.69) is 15.6 Å². The van der Waals surface area contributed by atoms with Gasteiger partial charge >= 0.3 is 0 Å². The topological polar surface area (TPSA) is 83.6 Å². The molecule has 2 amide bonds. The van der Waals surface area contributed by atoms with E-state index in [1.807, 2.05) is 49.6 Å². The predicted octanol–water partition coefficient (Wildman–Crippen LogP) is 2.51. The summed E-state index contributed by atoms with van der Waals surface area (Å²) < 4.78 is 5.16. The second-order valence-electron chi connectivity index (χ2n) is 8.11. The Kier molecular flexibility index (Phi) is 8.41. The number of aromatic nitrogens is 1. The van der Waals surface area contributed by atoms with Crippen molar-refractivity contribution in [2.24, 2.45) is 5.92 Å². The van der Waals surface area contributed by atoms with Crippen LogP contribution < -0.4 is 15.4 Å². The van der Waals surface area contributed by atoms with Crippen LogP contribution in [0, 0.1) is 5.92 Å². The van der Waals surface area contributed by atoms with Gasteiger partial charge in [0, 0.05) is 57.5 Å². The number of nitrogens with zero attached hydrogens (tertiary/aromatic N) is 2. The minimum absolute atomic E-state index is 0.0136. The van der Waals surface area contributed by atoms with Gasteiger partial charge in [-0.2, -0.15) is 0 Å². The van der Waals surface area contributed by atoms with Gasteiger partial charge in [-0.1, -0.05) is 24.6 Å². The monoisotopic (exact) mass is 424 g/mol. The average molecular weight is 425 g/mol. The molecule has 2 atom stereocenters. The molecule has 7 heteroatoms. The van der Waals surface area contributed by atoms with Crippen LogP contribution in [0.25, 0.3) is 0 Å². The molecule has 166 valence electrons. The van der Waals surface area contributed by atoms with Crippen molar-refractivity contribution in [3.63, 3.8) is 0 Å². The van der Waals surface area contributed by atoms with Crippen molar-refractivity contribution < 1.29 is 14.3 Å². The molecule has 1 aromatic heterocycles. The Balaban J connectivity index is 1.53. The molecule has 1 fully saturated rings. The van der Waals surface area contributed by atoms with Crippen molar-refractivity contribution >= 4 is 11.8 Å². The third-order valence-corrected chi connectivity index (χ3v) is 5.76. The van der Waals surface area contributed by atoms with Gasteiger partial charge in [0.25, 0.3) is 0 Å². The summed E-state index contributed by atoms with van der Waals surface area (Å²) in [7, 11) is 3.44. The zero-order valence-electron chi connectivity index (χ0n) is 18.3. The summed E-state index contributed by atoms with van der Waals surface area (Å²) in [5, 5.41) is 6.53. The zero-order chi connectivity index (χ0) is 22.1. The van der Waals surface area contributed by atoms with Gasteiger partial charge in [-0.15, -0.1) is 0 Å². The molecule has 31 heavy (non-hydrogen) atoms. The van der Waals surface area contributed by atoms with Crippen molar-refractivity contribution in [2.45, 2.75) is 44.8 Å². The number of hydrogen-bond acceptors (Lipinski definition) is 5. The van der Waals surface area contributed by atoms with Crippen LogP contribution in [0.5, 0.6) is 5.75 Å². The molecule has 3 rings (SSSR count). The quantitative estimate of drug-likeness (QED) is 0.714. The van der Waals surface area contributed by atoms with Gasteiger partial charge in [-0.25, -0.2) is 0 Å². The molecule has 0 radical (unpaired) electrons. The molecule has 0 spiro atoms. The lowest BCUT2D eigenvalue weighted by Crippen LogP contribution is -2.41. The third kappa shape index (κ3) is 7.07. The highest BCUT2D eigenvalue weighted by atomic mass is 16.5. The standard InChI is InChI=1S/C24H32N4O3/c1-28-17-21(26-16-19-5-4-12-25-14-19)7-3-6-20(13-23(28)29)24(30)27-15-18-8-10-22(31-2)11-9-18/h4-5,8-12,14,20-21,26H,3,6-7,13,15-17H2,1-2H3,(H,27,30)/t20-,21-/m1/s1. The second-order valence-corrected chi connectivity index (χ2v) is 8.11. The Morgan fingerprint density at radius 1 is 1.16 bits per heavy atom. The molecule has 0 aliphatic carbocycles. The second kappa shape index (κ2) is 11.5. The van der Waals surface area contributed by atoms with E-state index in [1.54, 1.807) is 18.2 Å². The molecule has 0 saturated carbocycles. The van der Waals surface area contributed by atoms with Gasteiger partial charge in [0.15, 0.2) is 0 Å². The molecule has 2 heterocycles. The van der Waals surface area contributed by atoms with Crippen LogP contribution in [0.2, 0.25) is 0 Å². The van der Waals surface area contributed by atoms with Crippen LogP contribution in [-0.4, -0.2) is 48.4 Å². The van der Waals surface area contributed by atoms with Crippen molar-refractivity contribution in [2.75, 3.05) is 20.7 Å². The fourth-order valence-corrected chi connectivity index (χ4v) is 3.84. The van der Waals surface area contributed by atoms with Gasteiger partial charge in [-0.05, 0) is 42.2 Å². The largest absolute Gasteiger partial charge is 0.497 e. The SMILES string of the molecule is COc1ccc(CNC(=O)[C@@H]2CCC[C@@H](NCc3cccnc3)CN(C)C(=O)C2)cc1. The van der Waals surface area contributed by atoms with Crippen LogP contribution in [0.1, 0.15) is 36.8 Å². The number of ether oxygens (including phenoxy) is 1. The maximum atomic E-state index is 12.8. The van der Waals surface area contributed by atoms with E-state index < -0.39 is 0 Å². The minimum Gasteiger partial charge on any atom is -0.497 e. The maximum Gasteiger partial charge on any atom is 0.223 e. The molecular formula is C24H32N4O3. The molecule has 2 N–H and O–H groups in total. The third-order valence-electron chi connectivity index (χ3n) is 5.76. The number of nitrogens with one attached hydrogen (secondary N) is 2. The van der Waals surface area contributed by atoms with Crippen LogP contribution in [0.4, 0.5) is 0 Å². The van der Waals surface area contributed by atoms with E-state index >= 15 is 0 Å².